The van der Waals surface area contributed by atoms with Gasteiger partial charge in [-0.05, 0) is 11.2 Å². The lowest BCUT2D eigenvalue weighted by Gasteiger charge is -2.17. The number of benzene rings is 1. The highest BCUT2D eigenvalue weighted by molar-refractivity contribution is 5.90. The molecule has 3 aromatic rings. The summed E-state index contributed by atoms with van der Waals surface area (Å²) >= 11 is 0. The van der Waals surface area contributed by atoms with Crippen molar-refractivity contribution >= 4 is 11.8 Å². The van der Waals surface area contributed by atoms with Gasteiger partial charge in [0.15, 0.2) is 17.7 Å². The Morgan fingerprint density at radius 1 is 1.19 bits per heavy atom. The topological polar surface area (TPSA) is 111 Å². The van der Waals surface area contributed by atoms with Gasteiger partial charge in [-0.15, -0.1) is 0 Å². The molecule has 12 heteroatoms. The number of hydrogen-bond acceptors (Lipinski definition) is 8. The first-order chi connectivity index (χ1) is 17.4. The van der Waals surface area contributed by atoms with Crippen LogP contribution in [-0.2, 0) is 14.9 Å². The van der Waals surface area contributed by atoms with Gasteiger partial charge in [0.1, 0.15) is 24.1 Å². The van der Waals surface area contributed by atoms with E-state index in [4.69, 9.17) is 14.2 Å². The molecule has 1 aromatic carbocycles. The Labute approximate surface area is 202 Å². The van der Waals surface area contributed by atoms with E-state index in [2.05, 4.69) is 20.7 Å². The maximum absolute atomic E-state index is 15.1. The van der Waals surface area contributed by atoms with Crippen LogP contribution in [0.2, 0.25) is 0 Å². The predicted molar refractivity (Wildman–Crippen MR) is 114 cm³/mol. The fourth-order valence-corrected chi connectivity index (χ4v) is 5.05. The number of carbonyl (C=O) groups is 1. The Hall–Kier alpha value is -4.11. The van der Waals surface area contributed by atoms with Gasteiger partial charge in [0.2, 0.25) is 0 Å². The molecule has 36 heavy (non-hydrogen) atoms. The maximum atomic E-state index is 15.1. The second kappa shape index (κ2) is 8.23. The third kappa shape index (κ3) is 3.30. The van der Waals surface area contributed by atoms with Gasteiger partial charge in [-0.2, -0.15) is 5.26 Å². The number of cyclic esters (lactones) is 1. The third-order valence-corrected chi connectivity index (χ3v) is 6.94. The molecular weight excluding hydrogens is 481 g/mol. The molecule has 4 heterocycles. The fourth-order valence-electron chi connectivity index (χ4n) is 5.05. The molecule has 1 aliphatic carbocycles. The number of rotatable bonds is 6. The number of hydrogen-bond donors (Lipinski definition) is 0. The minimum Gasteiger partial charge on any atom is -0.471 e. The zero-order chi connectivity index (χ0) is 25.0. The van der Waals surface area contributed by atoms with Crippen LogP contribution in [0.15, 0.2) is 41.2 Å². The van der Waals surface area contributed by atoms with E-state index in [0.717, 1.165) is 11.0 Å². The van der Waals surface area contributed by atoms with Crippen molar-refractivity contribution in [1.82, 2.24) is 10.1 Å². The van der Waals surface area contributed by atoms with Crippen LogP contribution in [0.5, 0.6) is 5.88 Å². The lowest BCUT2D eigenvalue weighted by Crippen LogP contribution is -2.28. The zero-order valence-electron chi connectivity index (χ0n) is 18.5. The van der Waals surface area contributed by atoms with Crippen LogP contribution in [0.25, 0.3) is 11.1 Å². The minimum atomic E-state index is -1.47. The molecule has 3 aliphatic rings. The Balaban J connectivity index is 1.24. The van der Waals surface area contributed by atoms with Crippen LogP contribution in [-0.4, -0.2) is 48.7 Å². The summed E-state index contributed by atoms with van der Waals surface area (Å²) in [5, 5.41) is 13.3. The molecule has 3 unspecified atom stereocenters. The molecular formula is C24H17F3N4O5. The monoisotopic (exact) mass is 498 g/mol. The van der Waals surface area contributed by atoms with Gasteiger partial charge in [0.05, 0.1) is 42.8 Å². The Morgan fingerprint density at radius 3 is 2.67 bits per heavy atom. The molecule has 2 saturated heterocycles. The zero-order valence-corrected chi connectivity index (χ0v) is 18.5. The van der Waals surface area contributed by atoms with Crippen molar-refractivity contribution in [1.29, 1.82) is 5.26 Å². The molecule has 2 aliphatic heterocycles. The second-order valence-electron chi connectivity index (χ2n) is 8.81. The van der Waals surface area contributed by atoms with Crippen LogP contribution in [0.1, 0.15) is 5.69 Å². The highest BCUT2D eigenvalue weighted by atomic mass is 19.2. The highest BCUT2D eigenvalue weighted by Crippen LogP contribution is 2.62. The van der Waals surface area contributed by atoms with Gasteiger partial charge in [0.25, 0.3) is 5.88 Å². The molecule has 1 amide bonds. The van der Waals surface area contributed by atoms with Crippen LogP contribution < -0.4 is 9.64 Å². The number of pyridine rings is 1. The smallest absolute Gasteiger partial charge is 0.414 e. The number of ether oxygens (including phenoxy) is 3. The summed E-state index contributed by atoms with van der Waals surface area (Å²) in [5.74, 6) is -3.72. The van der Waals surface area contributed by atoms with Crippen LogP contribution in [0.4, 0.5) is 23.7 Å². The Kier molecular flexibility index (Phi) is 5.11. The first-order valence-corrected chi connectivity index (χ1v) is 11.1. The summed E-state index contributed by atoms with van der Waals surface area (Å²) in [6.07, 6.45) is 0.712. The summed E-state index contributed by atoms with van der Waals surface area (Å²) in [4.78, 5) is 17.4. The van der Waals surface area contributed by atoms with Gasteiger partial charge >= 0.3 is 6.09 Å². The Bertz CT molecular complexity index is 1370. The Morgan fingerprint density at radius 2 is 2.00 bits per heavy atom. The SMILES string of the molecule is N#CC1(c2ccc(-c3c(F)cc(N4CC(COc5ccon5)OC4=O)c(F)c3F)cn2)C2COCC21. The van der Waals surface area contributed by atoms with Crippen molar-refractivity contribution in [2.24, 2.45) is 11.8 Å². The van der Waals surface area contributed by atoms with Gasteiger partial charge in [-0.1, -0.05) is 6.07 Å². The summed E-state index contributed by atoms with van der Waals surface area (Å²) in [7, 11) is 0. The summed E-state index contributed by atoms with van der Waals surface area (Å²) in [6.45, 7) is 0.618. The molecule has 9 nitrogen and oxygen atoms in total. The molecule has 2 aromatic heterocycles. The molecule has 6 rings (SSSR count). The van der Waals surface area contributed by atoms with Crippen molar-refractivity contribution in [2.45, 2.75) is 11.5 Å². The molecule has 184 valence electrons. The maximum Gasteiger partial charge on any atom is 0.414 e. The van der Waals surface area contributed by atoms with Crippen molar-refractivity contribution < 1.29 is 36.7 Å². The number of halogens is 3. The van der Waals surface area contributed by atoms with Crippen molar-refractivity contribution in [2.75, 3.05) is 31.3 Å². The van der Waals surface area contributed by atoms with E-state index < -0.39 is 46.3 Å². The van der Waals surface area contributed by atoms with E-state index in [1.165, 1.54) is 30.7 Å². The van der Waals surface area contributed by atoms with E-state index in [1.54, 1.807) is 0 Å². The first-order valence-electron chi connectivity index (χ1n) is 11.1. The second-order valence-corrected chi connectivity index (χ2v) is 8.81. The molecule has 3 fully saturated rings. The van der Waals surface area contributed by atoms with E-state index in [0.29, 0.717) is 18.9 Å². The summed E-state index contributed by atoms with van der Waals surface area (Å²) in [5.41, 5.74) is -1.51. The predicted octanol–water partition coefficient (Wildman–Crippen LogP) is 3.60. The van der Waals surface area contributed by atoms with Crippen molar-refractivity contribution in [3.05, 3.63) is 59.9 Å². The van der Waals surface area contributed by atoms with Crippen LogP contribution >= 0.6 is 0 Å². The van der Waals surface area contributed by atoms with Crippen molar-refractivity contribution in [3.63, 3.8) is 0 Å². The van der Waals surface area contributed by atoms with Gasteiger partial charge in [0, 0.05) is 35.7 Å². The average Bonchev–Trinajstić information content (AvgIpc) is 3.41. The van der Waals surface area contributed by atoms with Gasteiger partial charge < -0.3 is 18.7 Å². The fraction of sp³-hybridized carbons (Fsp3) is 0.333. The third-order valence-electron chi connectivity index (χ3n) is 6.94. The number of amides is 1. The first kappa shape index (κ1) is 22.4. The summed E-state index contributed by atoms with van der Waals surface area (Å²) in [6, 6.07) is 7.42. The molecule has 0 spiro atoms. The number of anilines is 1. The normalized spacial score (nSPS) is 26.4. The average molecular weight is 498 g/mol. The minimum absolute atomic E-state index is 0.00256. The number of nitrogens with zero attached hydrogens (tertiary/aromatic N) is 4. The van der Waals surface area contributed by atoms with E-state index >= 15 is 13.2 Å². The number of aromatic nitrogens is 2. The van der Waals surface area contributed by atoms with E-state index in [-0.39, 0.29) is 36.4 Å². The van der Waals surface area contributed by atoms with Crippen LogP contribution in [0, 0.1) is 40.6 Å². The summed E-state index contributed by atoms with van der Waals surface area (Å²) < 4.78 is 65.6. The van der Waals surface area contributed by atoms with E-state index in [1.807, 2.05) is 0 Å². The quantitative estimate of drug-likeness (QED) is 0.474. The number of fused-ring (bicyclic) bond motifs is 1. The molecule has 0 bridgehead atoms. The molecule has 0 radical (unpaired) electrons. The number of carbonyl (C=O) groups excluding carboxylic acids is 1. The molecule has 3 atom stereocenters. The van der Waals surface area contributed by atoms with E-state index in [9.17, 15) is 10.1 Å². The lowest BCUT2D eigenvalue weighted by atomic mass is 9.96. The standard InChI is InChI=1S/C24H17F3N4O5/c25-16-5-17(31-7-13(36-23(31)32)8-34-19-3-4-35-30-19)21(26)22(27)20(16)12-1-2-18(29-6-12)24(11-28)14-9-33-10-15(14)24/h1-6,13-15H,7-10H2. The largest absolute Gasteiger partial charge is 0.471 e. The lowest BCUT2D eigenvalue weighted by molar-refractivity contribution is 0.101. The van der Waals surface area contributed by atoms with Gasteiger partial charge in [-0.25, -0.2) is 18.0 Å². The molecule has 1 saturated carbocycles. The van der Waals surface area contributed by atoms with Crippen LogP contribution in [0.3, 0.4) is 0 Å². The van der Waals surface area contributed by atoms with Crippen molar-refractivity contribution in [3.8, 4) is 23.1 Å². The highest BCUT2D eigenvalue weighted by Gasteiger charge is 2.70. The molecule has 0 N–H and O–H groups in total. The van der Waals surface area contributed by atoms with Gasteiger partial charge in [-0.3, -0.25) is 9.88 Å². The number of nitriles is 1.